The van der Waals surface area contributed by atoms with Crippen molar-refractivity contribution in [2.45, 2.75) is 26.3 Å². The Morgan fingerprint density at radius 1 is 1.19 bits per heavy atom. The predicted octanol–water partition coefficient (Wildman–Crippen LogP) is 1.83. The van der Waals surface area contributed by atoms with Gasteiger partial charge in [0, 0.05) is 12.6 Å². The molecule has 0 atom stereocenters. The first kappa shape index (κ1) is 20.1. The maximum atomic E-state index is 12.4. The van der Waals surface area contributed by atoms with Gasteiger partial charge in [0.25, 0.3) is 11.5 Å². The minimum Gasteiger partial charge on any atom is -0.350 e. The van der Waals surface area contributed by atoms with E-state index in [1.54, 1.807) is 0 Å². The molecule has 0 spiro atoms. The maximum absolute atomic E-state index is 12.4. The normalized spacial score (nSPS) is 15.7. The Morgan fingerprint density at radius 2 is 1.88 bits per heavy atom. The molecule has 140 valence electrons. The van der Waals surface area contributed by atoms with Crippen LogP contribution in [-0.4, -0.2) is 35.3 Å². The molecule has 0 bridgehead atoms. The first-order valence-electron chi connectivity index (χ1n) is 8.67. The molecule has 0 saturated carbocycles. The number of amides is 1. The largest absolute Gasteiger partial charge is 0.350 e. The molecule has 0 radical (unpaired) electrons. The monoisotopic (exact) mass is 376 g/mol. The molecule has 2 aromatic rings. The van der Waals surface area contributed by atoms with E-state index in [4.69, 9.17) is 0 Å². The number of carbonyl (C=O) groups excluding carboxylic acids is 1. The maximum Gasteiger partial charge on any atom is 0.271 e. The van der Waals surface area contributed by atoms with Crippen molar-refractivity contribution in [3.05, 3.63) is 64.1 Å². The summed E-state index contributed by atoms with van der Waals surface area (Å²) in [4.78, 5) is 24.5. The van der Waals surface area contributed by atoms with Crippen molar-refractivity contribution in [2.24, 2.45) is 5.41 Å². The molecule has 7 heteroatoms. The lowest BCUT2D eigenvalue weighted by Crippen LogP contribution is -2.43. The molecule has 3 rings (SSSR count). The number of benzene rings is 1. The molecule has 1 aliphatic rings. The van der Waals surface area contributed by atoms with E-state index in [1.807, 2.05) is 30.3 Å². The Labute approximate surface area is 159 Å². The summed E-state index contributed by atoms with van der Waals surface area (Å²) in [6.07, 6.45) is 2.07. The highest BCUT2D eigenvalue weighted by Crippen LogP contribution is 2.26. The summed E-state index contributed by atoms with van der Waals surface area (Å²) < 4.78 is 1.33. The number of hydrogen-bond donors (Lipinski definition) is 2. The van der Waals surface area contributed by atoms with Crippen LogP contribution in [0.25, 0.3) is 0 Å². The lowest BCUT2D eigenvalue weighted by Gasteiger charge is -2.34. The number of halogens is 1. The molecule has 26 heavy (non-hydrogen) atoms. The summed E-state index contributed by atoms with van der Waals surface area (Å²) in [5, 5.41) is 10.5. The number of carbonyl (C=O) groups is 1. The third kappa shape index (κ3) is 5.16. The van der Waals surface area contributed by atoms with Crippen molar-refractivity contribution in [3.8, 4) is 0 Å². The second kappa shape index (κ2) is 8.96. The van der Waals surface area contributed by atoms with E-state index in [-0.39, 0.29) is 35.0 Å². The van der Waals surface area contributed by atoms with Gasteiger partial charge >= 0.3 is 0 Å². The van der Waals surface area contributed by atoms with Crippen LogP contribution in [0.1, 0.15) is 35.8 Å². The molecule has 2 heterocycles. The molecule has 1 amide bonds. The molecule has 0 unspecified atom stereocenters. The number of piperidine rings is 1. The van der Waals surface area contributed by atoms with Gasteiger partial charge in [-0.1, -0.05) is 37.3 Å². The van der Waals surface area contributed by atoms with Crippen LogP contribution in [0.4, 0.5) is 0 Å². The van der Waals surface area contributed by atoms with Gasteiger partial charge in [0.15, 0.2) is 0 Å². The Hall–Kier alpha value is -2.18. The summed E-state index contributed by atoms with van der Waals surface area (Å²) >= 11 is 0. The van der Waals surface area contributed by atoms with E-state index in [1.165, 1.54) is 16.8 Å². The fourth-order valence-electron chi connectivity index (χ4n) is 3.03. The van der Waals surface area contributed by atoms with Gasteiger partial charge in [-0.15, -0.1) is 12.4 Å². The van der Waals surface area contributed by atoms with Crippen LogP contribution in [0, 0.1) is 5.41 Å². The third-order valence-corrected chi connectivity index (χ3v) is 4.76. The Balaban J connectivity index is 0.00000243. The van der Waals surface area contributed by atoms with Gasteiger partial charge in [0.1, 0.15) is 5.69 Å². The van der Waals surface area contributed by atoms with Gasteiger partial charge in [-0.3, -0.25) is 9.59 Å². The smallest absolute Gasteiger partial charge is 0.271 e. The average Bonchev–Trinajstić information content (AvgIpc) is 2.63. The van der Waals surface area contributed by atoms with Crippen LogP contribution in [0.3, 0.4) is 0 Å². The molecule has 1 aromatic carbocycles. The molecule has 1 fully saturated rings. The molecule has 1 aromatic heterocycles. The summed E-state index contributed by atoms with van der Waals surface area (Å²) in [7, 11) is 0. The van der Waals surface area contributed by atoms with Crippen LogP contribution in [0.5, 0.6) is 0 Å². The number of nitrogens with zero attached hydrogens (tertiary/aromatic N) is 2. The number of aromatic nitrogens is 2. The van der Waals surface area contributed by atoms with Crippen LogP contribution in [0.15, 0.2) is 47.3 Å². The van der Waals surface area contributed by atoms with Crippen LogP contribution >= 0.6 is 12.4 Å². The number of nitrogens with one attached hydrogen (secondary N) is 2. The zero-order chi connectivity index (χ0) is 17.7. The molecule has 6 nitrogen and oxygen atoms in total. The molecular formula is C19H25ClN4O2. The second-order valence-corrected chi connectivity index (χ2v) is 6.94. The van der Waals surface area contributed by atoms with E-state index in [0.29, 0.717) is 13.1 Å². The van der Waals surface area contributed by atoms with Gasteiger partial charge in [-0.2, -0.15) is 5.10 Å². The molecule has 2 N–H and O–H groups in total. The highest BCUT2D eigenvalue weighted by atomic mass is 35.5. The summed E-state index contributed by atoms with van der Waals surface area (Å²) in [6.45, 7) is 5.12. The van der Waals surface area contributed by atoms with Crippen molar-refractivity contribution in [2.75, 3.05) is 19.6 Å². The van der Waals surface area contributed by atoms with Crippen molar-refractivity contribution in [1.82, 2.24) is 20.4 Å². The fourth-order valence-corrected chi connectivity index (χ4v) is 3.03. The van der Waals surface area contributed by atoms with Gasteiger partial charge in [0.2, 0.25) is 0 Å². The van der Waals surface area contributed by atoms with Crippen molar-refractivity contribution < 1.29 is 4.79 Å². The van der Waals surface area contributed by atoms with Gasteiger partial charge in [-0.25, -0.2) is 4.68 Å². The lowest BCUT2D eigenvalue weighted by atomic mass is 9.81. The summed E-state index contributed by atoms with van der Waals surface area (Å²) in [5.74, 6) is -0.235. The zero-order valence-corrected chi connectivity index (χ0v) is 15.7. The summed E-state index contributed by atoms with van der Waals surface area (Å²) in [5.41, 5.74) is 1.13. The predicted molar refractivity (Wildman–Crippen MR) is 104 cm³/mol. The highest BCUT2D eigenvalue weighted by molar-refractivity contribution is 5.92. The molecule has 0 aliphatic carbocycles. The minimum atomic E-state index is -0.235. The number of hydrogen-bond acceptors (Lipinski definition) is 4. The Kier molecular flexibility index (Phi) is 6.94. The van der Waals surface area contributed by atoms with Crippen molar-refractivity contribution >= 4 is 18.3 Å². The zero-order valence-electron chi connectivity index (χ0n) is 14.9. The van der Waals surface area contributed by atoms with Crippen LogP contribution in [-0.2, 0) is 6.54 Å². The Morgan fingerprint density at radius 3 is 2.58 bits per heavy atom. The van der Waals surface area contributed by atoms with Gasteiger partial charge in [-0.05, 0) is 43.0 Å². The fraction of sp³-hybridized carbons (Fsp3) is 0.421. The summed E-state index contributed by atoms with van der Waals surface area (Å²) in [6, 6.07) is 12.5. The standard InChI is InChI=1S/C19H24N4O2.ClH/c1-19(9-11-20-12-10-19)14-21-18(25)16-7-8-17(24)23(22-16)13-15-5-3-2-4-6-15;/h2-8,20H,9-14H2,1H3,(H,21,25);1H. The lowest BCUT2D eigenvalue weighted by molar-refractivity contribution is 0.0914. The average molecular weight is 377 g/mol. The van der Waals surface area contributed by atoms with Crippen molar-refractivity contribution in [3.63, 3.8) is 0 Å². The Bertz CT molecular complexity index is 786. The second-order valence-electron chi connectivity index (χ2n) is 6.94. The molecule has 1 aliphatic heterocycles. The third-order valence-electron chi connectivity index (χ3n) is 4.76. The van der Waals surface area contributed by atoms with E-state index in [2.05, 4.69) is 22.7 Å². The first-order chi connectivity index (χ1) is 12.1. The van der Waals surface area contributed by atoms with E-state index in [0.717, 1.165) is 31.5 Å². The SMILES string of the molecule is CC1(CNC(=O)c2ccc(=O)n(Cc3ccccc3)n2)CCNCC1.Cl. The van der Waals surface area contributed by atoms with Crippen LogP contribution < -0.4 is 16.2 Å². The quantitative estimate of drug-likeness (QED) is 0.834. The topological polar surface area (TPSA) is 76.0 Å². The van der Waals surface area contributed by atoms with E-state index >= 15 is 0 Å². The van der Waals surface area contributed by atoms with Gasteiger partial charge < -0.3 is 10.6 Å². The first-order valence-corrected chi connectivity index (χ1v) is 8.67. The molecule has 1 saturated heterocycles. The van der Waals surface area contributed by atoms with Gasteiger partial charge in [0.05, 0.1) is 6.54 Å². The molecular weight excluding hydrogens is 352 g/mol. The minimum absolute atomic E-state index is 0. The number of rotatable bonds is 5. The highest BCUT2D eigenvalue weighted by Gasteiger charge is 2.27. The van der Waals surface area contributed by atoms with E-state index in [9.17, 15) is 9.59 Å². The van der Waals surface area contributed by atoms with Crippen molar-refractivity contribution in [1.29, 1.82) is 0 Å². The van der Waals surface area contributed by atoms with E-state index < -0.39 is 0 Å². The van der Waals surface area contributed by atoms with Crippen LogP contribution in [0.2, 0.25) is 0 Å².